The lowest BCUT2D eigenvalue weighted by Crippen LogP contribution is -2.12. The molecule has 1 amide bonds. The molecular formula is C16H14BrNO3. The molecule has 1 aliphatic rings. The molecule has 4 nitrogen and oxygen atoms in total. The molecular weight excluding hydrogens is 334 g/mol. The summed E-state index contributed by atoms with van der Waals surface area (Å²) in [4.78, 5) is 12.4. The molecule has 2 aromatic rings. The van der Waals surface area contributed by atoms with Gasteiger partial charge in [0.1, 0.15) is 5.75 Å². The van der Waals surface area contributed by atoms with Crippen LogP contribution in [-0.2, 0) is 18.0 Å². The van der Waals surface area contributed by atoms with Gasteiger partial charge in [-0.3, -0.25) is 4.79 Å². The Hall–Kier alpha value is -1.85. The van der Waals surface area contributed by atoms with Gasteiger partial charge in [-0.1, -0.05) is 6.07 Å². The van der Waals surface area contributed by atoms with Crippen molar-refractivity contribution in [3.63, 3.8) is 0 Å². The summed E-state index contributed by atoms with van der Waals surface area (Å²) in [6.07, 6.45) is 0. The number of amides is 1. The van der Waals surface area contributed by atoms with Gasteiger partial charge < -0.3 is 14.8 Å². The molecule has 0 unspecified atom stereocenters. The van der Waals surface area contributed by atoms with Crippen molar-refractivity contribution in [2.24, 2.45) is 0 Å². The Morgan fingerprint density at radius 2 is 2.00 bits per heavy atom. The van der Waals surface area contributed by atoms with Gasteiger partial charge in [0, 0.05) is 16.1 Å². The maximum absolute atomic E-state index is 12.4. The largest absolute Gasteiger partial charge is 0.497 e. The van der Waals surface area contributed by atoms with Gasteiger partial charge in [-0.2, -0.15) is 0 Å². The zero-order chi connectivity index (χ0) is 14.8. The maximum atomic E-state index is 12.4. The third kappa shape index (κ3) is 2.94. The number of carbonyl (C=O) groups excluding carboxylic acids is 1. The van der Waals surface area contributed by atoms with Gasteiger partial charge in [-0.05, 0) is 51.3 Å². The van der Waals surface area contributed by atoms with Gasteiger partial charge in [0.15, 0.2) is 0 Å². The fourth-order valence-electron chi connectivity index (χ4n) is 2.23. The summed E-state index contributed by atoms with van der Waals surface area (Å²) in [7, 11) is 1.59. The zero-order valence-corrected chi connectivity index (χ0v) is 13.1. The lowest BCUT2D eigenvalue weighted by molar-refractivity contribution is 0.102. The molecule has 1 aliphatic heterocycles. The van der Waals surface area contributed by atoms with Gasteiger partial charge in [-0.25, -0.2) is 0 Å². The van der Waals surface area contributed by atoms with Crippen molar-refractivity contribution < 1.29 is 14.3 Å². The molecule has 0 saturated heterocycles. The number of carbonyl (C=O) groups is 1. The standard InChI is InChI=1S/C16H14BrNO3/c1-20-13-4-5-14(17)15(7-13)18-16(19)10-2-3-11-8-21-9-12(11)6-10/h2-7H,8-9H2,1H3,(H,18,19). The molecule has 0 atom stereocenters. The monoisotopic (exact) mass is 347 g/mol. The average molecular weight is 348 g/mol. The predicted octanol–water partition coefficient (Wildman–Crippen LogP) is 3.74. The van der Waals surface area contributed by atoms with E-state index in [0.717, 1.165) is 15.6 Å². The van der Waals surface area contributed by atoms with Crippen LogP contribution in [0.4, 0.5) is 5.69 Å². The second-order valence-electron chi connectivity index (χ2n) is 4.78. The SMILES string of the molecule is COc1ccc(Br)c(NC(=O)c2ccc3c(c2)COC3)c1. The van der Waals surface area contributed by atoms with E-state index in [4.69, 9.17) is 9.47 Å². The van der Waals surface area contributed by atoms with E-state index in [1.54, 1.807) is 13.2 Å². The molecule has 3 rings (SSSR count). The van der Waals surface area contributed by atoms with Gasteiger partial charge in [0.05, 0.1) is 26.0 Å². The highest BCUT2D eigenvalue weighted by molar-refractivity contribution is 9.10. The van der Waals surface area contributed by atoms with Gasteiger partial charge in [0.25, 0.3) is 5.91 Å². The number of nitrogens with one attached hydrogen (secondary N) is 1. The van der Waals surface area contributed by atoms with Gasteiger partial charge in [-0.15, -0.1) is 0 Å². The lowest BCUT2D eigenvalue weighted by Gasteiger charge is -2.10. The van der Waals surface area contributed by atoms with E-state index in [0.29, 0.717) is 30.2 Å². The fourth-order valence-corrected chi connectivity index (χ4v) is 2.58. The number of methoxy groups -OCH3 is 1. The summed E-state index contributed by atoms with van der Waals surface area (Å²) >= 11 is 3.42. The van der Waals surface area contributed by atoms with E-state index < -0.39 is 0 Å². The molecule has 0 saturated carbocycles. The van der Waals surface area contributed by atoms with Crippen LogP contribution in [0, 0.1) is 0 Å². The highest BCUT2D eigenvalue weighted by Crippen LogP contribution is 2.28. The molecule has 0 aliphatic carbocycles. The van der Waals surface area contributed by atoms with E-state index >= 15 is 0 Å². The van der Waals surface area contributed by atoms with E-state index in [1.807, 2.05) is 30.3 Å². The molecule has 1 heterocycles. The third-order valence-corrected chi connectivity index (χ3v) is 4.10. The number of fused-ring (bicyclic) bond motifs is 1. The van der Waals surface area contributed by atoms with Crippen molar-refractivity contribution in [2.75, 3.05) is 12.4 Å². The Balaban J connectivity index is 1.83. The Morgan fingerprint density at radius 3 is 2.81 bits per heavy atom. The molecule has 0 radical (unpaired) electrons. The molecule has 0 fully saturated rings. The summed E-state index contributed by atoms with van der Waals surface area (Å²) in [5, 5.41) is 2.89. The quantitative estimate of drug-likeness (QED) is 0.919. The number of ether oxygens (including phenoxy) is 2. The molecule has 108 valence electrons. The van der Waals surface area contributed by atoms with Crippen molar-refractivity contribution >= 4 is 27.5 Å². The minimum atomic E-state index is -0.154. The van der Waals surface area contributed by atoms with Crippen molar-refractivity contribution in [1.29, 1.82) is 0 Å². The molecule has 1 N–H and O–H groups in total. The minimum absolute atomic E-state index is 0.154. The summed E-state index contributed by atoms with van der Waals surface area (Å²) in [6, 6.07) is 11.1. The van der Waals surface area contributed by atoms with Crippen LogP contribution in [-0.4, -0.2) is 13.0 Å². The second-order valence-corrected chi connectivity index (χ2v) is 5.63. The van der Waals surface area contributed by atoms with Crippen LogP contribution >= 0.6 is 15.9 Å². The molecule has 21 heavy (non-hydrogen) atoms. The Morgan fingerprint density at radius 1 is 1.19 bits per heavy atom. The van der Waals surface area contributed by atoms with Gasteiger partial charge >= 0.3 is 0 Å². The third-order valence-electron chi connectivity index (χ3n) is 3.41. The summed E-state index contributed by atoms with van der Waals surface area (Å²) in [6.45, 7) is 1.19. The fraction of sp³-hybridized carbons (Fsp3) is 0.188. The summed E-state index contributed by atoms with van der Waals surface area (Å²) in [5.41, 5.74) is 3.52. The number of benzene rings is 2. The van der Waals surface area contributed by atoms with Crippen LogP contribution in [0.3, 0.4) is 0 Å². The molecule has 2 aromatic carbocycles. The highest BCUT2D eigenvalue weighted by atomic mass is 79.9. The van der Waals surface area contributed by atoms with Crippen molar-refractivity contribution in [2.45, 2.75) is 13.2 Å². The van der Waals surface area contributed by atoms with Crippen LogP contribution in [0.25, 0.3) is 0 Å². The lowest BCUT2D eigenvalue weighted by atomic mass is 10.1. The van der Waals surface area contributed by atoms with Crippen LogP contribution in [0.2, 0.25) is 0 Å². The van der Waals surface area contributed by atoms with Crippen molar-refractivity contribution in [3.05, 3.63) is 57.6 Å². The average Bonchev–Trinajstić information content (AvgIpc) is 2.96. The van der Waals surface area contributed by atoms with E-state index in [1.165, 1.54) is 0 Å². The number of anilines is 1. The Kier molecular flexibility index (Phi) is 3.94. The summed E-state index contributed by atoms with van der Waals surface area (Å²) in [5.74, 6) is 0.537. The number of hydrogen-bond acceptors (Lipinski definition) is 3. The van der Waals surface area contributed by atoms with Crippen molar-refractivity contribution in [3.8, 4) is 5.75 Å². The highest BCUT2D eigenvalue weighted by Gasteiger charge is 2.15. The maximum Gasteiger partial charge on any atom is 0.255 e. The first kappa shape index (κ1) is 14.1. The second kappa shape index (κ2) is 5.87. The van der Waals surface area contributed by atoms with Gasteiger partial charge in [0.2, 0.25) is 0 Å². The number of halogens is 1. The molecule has 5 heteroatoms. The molecule has 0 bridgehead atoms. The Bertz CT molecular complexity index is 700. The topological polar surface area (TPSA) is 47.6 Å². The Labute approximate surface area is 131 Å². The molecule has 0 aromatic heterocycles. The van der Waals surface area contributed by atoms with Crippen LogP contribution in [0.15, 0.2) is 40.9 Å². The first-order valence-electron chi connectivity index (χ1n) is 6.52. The number of rotatable bonds is 3. The van der Waals surface area contributed by atoms with E-state index in [9.17, 15) is 4.79 Å². The normalized spacial score (nSPS) is 12.9. The zero-order valence-electron chi connectivity index (χ0n) is 11.5. The smallest absolute Gasteiger partial charge is 0.255 e. The van der Waals surface area contributed by atoms with E-state index in [2.05, 4.69) is 21.2 Å². The first-order valence-corrected chi connectivity index (χ1v) is 7.31. The summed E-state index contributed by atoms with van der Waals surface area (Å²) < 4.78 is 11.3. The van der Waals surface area contributed by atoms with Crippen LogP contribution < -0.4 is 10.1 Å². The van der Waals surface area contributed by atoms with Crippen molar-refractivity contribution in [1.82, 2.24) is 0 Å². The predicted molar refractivity (Wildman–Crippen MR) is 83.6 cm³/mol. The van der Waals surface area contributed by atoms with Crippen LogP contribution in [0.5, 0.6) is 5.75 Å². The number of hydrogen-bond donors (Lipinski definition) is 1. The molecule has 0 spiro atoms. The first-order chi connectivity index (χ1) is 10.2. The minimum Gasteiger partial charge on any atom is -0.497 e. The van der Waals surface area contributed by atoms with Crippen LogP contribution in [0.1, 0.15) is 21.5 Å². The van der Waals surface area contributed by atoms with E-state index in [-0.39, 0.29) is 5.91 Å².